The van der Waals surface area contributed by atoms with E-state index in [-0.39, 0.29) is 6.54 Å². The zero-order chi connectivity index (χ0) is 34.3. The molecule has 2 aliphatic rings. The van der Waals surface area contributed by atoms with Crippen LogP contribution in [0.1, 0.15) is 62.4 Å². The number of halogens is 3. The summed E-state index contributed by atoms with van der Waals surface area (Å²) in [5, 5.41) is 21.8. The van der Waals surface area contributed by atoms with E-state index in [1.807, 2.05) is 46.9 Å². The highest BCUT2D eigenvalue weighted by molar-refractivity contribution is 5.58. The van der Waals surface area contributed by atoms with Gasteiger partial charge in [-0.2, -0.15) is 13.2 Å². The Hall–Kier alpha value is -3.82. The first kappa shape index (κ1) is 41.2. The number of hydrogen-bond donors (Lipinski definition) is 6. The molecule has 0 aromatic heterocycles. The van der Waals surface area contributed by atoms with E-state index in [0.717, 1.165) is 37.7 Å². The lowest BCUT2D eigenvalue weighted by Crippen LogP contribution is -2.27. The van der Waals surface area contributed by atoms with Gasteiger partial charge >= 0.3 is 6.18 Å². The van der Waals surface area contributed by atoms with E-state index >= 15 is 0 Å². The third kappa shape index (κ3) is 15.6. The lowest BCUT2D eigenvalue weighted by atomic mass is 10.0. The number of anilines is 1. The van der Waals surface area contributed by atoms with Crippen molar-refractivity contribution in [1.82, 2.24) is 21.3 Å². The molecule has 0 spiro atoms. The predicted molar refractivity (Wildman–Crippen MR) is 188 cm³/mol. The number of nitrogens with one attached hydrogen (secondary N) is 6. The molecule has 0 fully saturated rings. The highest BCUT2D eigenvalue weighted by Gasteiger charge is 2.33. The summed E-state index contributed by atoms with van der Waals surface area (Å²) in [5.41, 5.74) is 6.64. The molecule has 0 saturated heterocycles. The Kier molecular flexibility index (Phi) is 21.5. The van der Waals surface area contributed by atoms with E-state index < -0.39 is 11.7 Å². The Balaban J connectivity index is 0.000000746. The molecule has 0 amide bonds. The van der Waals surface area contributed by atoms with Crippen LogP contribution in [0.3, 0.4) is 0 Å². The molecule has 6 N–H and O–H groups in total. The second-order valence-corrected chi connectivity index (χ2v) is 9.66. The van der Waals surface area contributed by atoms with Crippen molar-refractivity contribution in [2.45, 2.75) is 68.1 Å². The van der Waals surface area contributed by atoms with E-state index in [1.54, 1.807) is 19.1 Å². The molecule has 0 unspecified atom stereocenters. The zero-order valence-electron chi connectivity index (χ0n) is 28.4. The molecule has 0 aliphatic carbocycles. The van der Waals surface area contributed by atoms with Crippen LogP contribution in [0.2, 0.25) is 0 Å². The van der Waals surface area contributed by atoms with Gasteiger partial charge in [-0.3, -0.25) is 0 Å². The fourth-order valence-electron chi connectivity index (χ4n) is 4.20. The van der Waals surface area contributed by atoms with Crippen molar-refractivity contribution in [3.05, 3.63) is 112 Å². The Bertz CT molecular complexity index is 1250. The zero-order valence-corrected chi connectivity index (χ0v) is 28.4. The quantitative estimate of drug-likeness (QED) is 0.125. The minimum Gasteiger partial charge on any atom is -0.387 e. The van der Waals surface area contributed by atoms with Crippen molar-refractivity contribution in [3.63, 3.8) is 0 Å². The highest BCUT2D eigenvalue weighted by atomic mass is 19.4. The van der Waals surface area contributed by atoms with Gasteiger partial charge in [0.2, 0.25) is 0 Å². The number of hydrogen-bond acceptors (Lipinski definition) is 6. The summed E-state index contributed by atoms with van der Waals surface area (Å²) in [6.45, 7) is 22.6. The molecular weight excluding hydrogens is 573 g/mol. The van der Waals surface area contributed by atoms with Crippen LogP contribution < -0.4 is 26.6 Å². The van der Waals surface area contributed by atoms with Gasteiger partial charge in [-0.15, -0.1) is 0 Å². The predicted octanol–water partition coefficient (Wildman–Crippen LogP) is 8.16. The smallest absolute Gasteiger partial charge is 0.387 e. The molecular formula is C36H55F3N6. The van der Waals surface area contributed by atoms with E-state index in [2.05, 4.69) is 83.6 Å². The summed E-state index contributed by atoms with van der Waals surface area (Å²) >= 11 is 0. The van der Waals surface area contributed by atoms with Gasteiger partial charge in [0, 0.05) is 38.4 Å². The maximum absolute atomic E-state index is 12.8. The number of allylic oxidation sites excluding steroid dienone is 3. The lowest BCUT2D eigenvalue weighted by Gasteiger charge is -2.21. The number of aryl methyl sites for hydroxylation is 3. The number of benzene rings is 2. The summed E-state index contributed by atoms with van der Waals surface area (Å²) in [4.78, 5) is 0. The maximum Gasteiger partial charge on any atom is 0.416 e. The Morgan fingerprint density at radius 1 is 0.911 bits per heavy atom. The van der Waals surface area contributed by atoms with Crippen molar-refractivity contribution in [3.8, 4) is 0 Å². The van der Waals surface area contributed by atoms with Crippen molar-refractivity contribution >= 4 is 12.4 Å². The van der Waals surface area contributed by atoms with Gasteiger partial charge in [-0.25, -0.2) is 0 Å². The van der Waals surface area contributed by atoms with Crippen molar-refractivity contribution in [2.24, 2.45) is 0 Å². The van der Waals surface area contributed by atoms with Crippen LogP contribution >= 0.6 is 0 Å². The number of rotatable bonds is 9. The Labute approximate surface area is 269 Å². The third-order valence-corrected chi connectivity index (χ3v) is 6.37. The topological polar surface area (TPSA) is 84.0 Å². The first-order valence-electron chi connectivity index (χ1n) is 15.7. The van der Waals surface area contributed by atoms with Gasteiger partial charge < -0.3 is 32.0 Å². The Morgan fingerprint density at radius 2 is 1.56 bits per heavy atom. The molecule has 2 aromatic rings. The SMILES string of the molecule is C=N.CC.CC.CCNCCNCc1ccc(C)cc1C(F)(F)F.Cc1ccc(C)c(NC2=CC(C3=CC=CNC3)=CCN2)c1. The molecule has 250 valence electrons. The average Bonchev–Trinajstić information content (AvgIpc) is 3.06. The number of alkyl halides is 3. The molecule has 0 bridgehead atoms. The van der Waals surface area contributed by atoms with Crippen LogP contribution in [0, 0.1) is 26.2 Å². The van der Waals surface area contributed by atoms with Crippen LogP contribution in [-0.4, -0.2) is 39.4 Å². The molecule has 2 aliphatic heterocycles. The van der Waals surface area contributed by atoms with E-state index in [0.29, 0.717) is 17.7 Å². The second kappa shape index (κ2) is 23.5. The number of likely N-dealkylation sites (N-methyl/N-ethyl adjacent to an activating group) is 1. The molecule has 2 aromatic carbocycles. The van der Waals surface area contributed by atoms with E-state index in [4.69, 9.17) is 5.41 Å². The van der Waals surface area contributed by atoms with Crippen molar-refractivity contribution in [1.29, 1.82) is 5.41 Å². The average molecular weight is 629 g/mol. The monoisotopic (exact) mass is 628 g/mol. The van der Waals surface area contributed by atoms with Gasteiger partial charge in [-0.05, 0) is 92.4 Å². The normalized spacial score (nSPS) is 13.1. The molecule has 0 saturated carbocycles. The maximum atomic E-state index is 12.8. The van der Waals surface area contributed by atoms with Crippen molar-refractivity contribution in [2.75, 3.05) is 38.0 Å². The largest absolute Gasteiger partial charge is 0.416 e. The Morgan fingerprint density at radius 3 is 2.18 bits per heavy atom. The van der Waals surface area contributed by atoms with Gasteiger partial charge in [0.05, 0.1) is 5.56 Å². The summed E-state index contributed by atoms with van der Waals surface area (Å²) < 4.78 is 38.5. The molecule has 9 heteroatoms. The lowest BCUT2D eigenvalue weighted by molar-refractivity contribution is -0.138. The number of dihydropyridines is 2. The summed E-state index contributed by atoms with van der Waals surface area (Å²) in [6, 6.07) is 10.9. The van der Waals surface area contributed by atoms with E-state index in [1.165, 1.54) is 28.3 Å². The van der Waals surface area contributed by atoms with Crippen LogP contribution in [0.25, 0.3) is 0 Å². The standard InChI is InChI=1S/C18H21N3.C13H19F3N2.2C2H6.CH3N/c1-13-5-6-14(2)17(10-13)21-18-11-15(7-9-20-18)16-4-3-8-19-12-16;1-3-17-6-7-18-9-11-5-4-10(2)8-12(11)13(14,15)16;3*1-2/h3-8,10-11,19-21H,9,12H2,1-2H3;4-5,8,17-18H,3,6-7,9H2,1-2H3;2*1-2H3;2H,1H2. The molecule has 0 radical (unpaired) electrons. The van der Waals surface area contributed by atoms with Gasteiger partial charge in [0.25, 0.3) is 0 Å². The fourth-order valence-corrected chi connectivity index (χ4v) is 4.20. The van der Waals surface area contributed by atoms with Crippen molar-refractivity contribution < 1.29 is 13.2 Å². The third-order valence-electron chi connectivity index (χ3n) is 6.37. The summed E-state index contributed by atoms with van der Waals surface area (Å²) in [7, 11) is 0. The van der Waals surface area contributed by atoms with E-state index in [9.17, 15) is 13.2 Å². The van der Waals surface area contributed by atoms with Gasteiger partial charge in [0.1, 0.15) is 5.82 Å². The summed E-state index contributed by atoms with van der Waals surface area (Å²) in [6.07, 6.45) is 6.31. The molecule has 0 atom stereocenters. The first-order chi connectivity index (χ1) is 21.7. The fraction of sp³-hybridized carbons (Fsp3) is 0.417. The second-order valence-electron chi connectivity index (χ2n) is 9.66. The highest BCUT2D eigenvalue weighted by Crippen LogP contribution is 2.32. The molecule has 2 heterocycles. The molecule has 6 nitrogen and oxygen atoms in total. The van der Waals surface area contributed by atoms with Crippen LogP contribution in [0.15, 0.2) is 83.9 Å². The molecule has 4 rings (SSSR count). The van der Waals surface area contributed by atoms with Crippen LogP contribution in [0.5, 0.6) is 0 Å². The van der Waals surface area contributed by atoms with Gasteiger partial charge in [-0.1, -0.05) is 76.6 Å². The van der Waals surface area contributed by atoms with Gasteiger partial charge in [0.15, 0.2) is 0 Å². The van der Waals surface area contributed by atoms with Crippen LogP contribution in [-0.2, 0) is 12.7 Å². The van der Waals surface area contributed by atoms with Crippen LogP contribution in [0.4, 0.5) is 18.9 Å². The minimum absolute atomic E-state index is 0.237. The minimum atomic E-state index is -4.29. The summed E-state index contributed by atoms with van der Waals surface area (Å²) in [5.74, 6) is 1.05. The molecule has 45 heavy (non-hydrogen) atoms. The first-order valence-corrected chi connectivity index (χ1v) is 15.7.